The molecule has 2 aliphatic heterocycles. The van der Waals surface area contributed by atoms with Crippen LogP contribution in [0.4, 0.5) is 11.4 Å². The first-order chi connectivity index (χ1) is 22.0. The van der Waals surface area contributed by atoms with Gasteiger partial charge in [0.2, 0.25) is 5.78 Å². The highest BCUT2D eigenvalue weighted by molar-refractivity contribution is 6.38. The quantitative estimate of drug-likeness (QED) is 0.263. The average Bonchev–Trinajstić information content (AvgIpc) is 3.83. The van der Waals surface area contributed by atoms with Gasteiger partial charge in [-0.2, -0.15) is 10.2 Å². The number of nitrogens with one attached hydrogen (secondary N) is 1. The molecule has 7 rings (SSSR count). The first-order valence-corrected chi connectivity index (χ1v) is 14.8. The molecule has 0 saturated carbocycles. The second-order valence-electron chi connectivity index (χ2n) is 11.0. The summed E-state index contributed by atoms with van der Waals surface area (Å²) in [6, 6.07) is 15.9. The number of ether oxygens (including phenoxy) is 1. The SMILES string of the molecule is COc1cnc(-n2cnc(C)n2)c2c1C(C(=O)C(=O)N1CCN(c3cn(Cc4ccccn4)nc3-c3ccccc3)CC1)CN2. The van der Waals surface area contributed by atoms with Crippen molar-refractivity contribution in [1.82, 2.24) is 39.4 Å². The average molecular weight is 605 g/mol. The topological polar surface area (TPSA) is 136 Å². The molecule has 228 valence electrons. The van der Waals surface area contributed by atoms with E-state index in [1.165, 1.54) is 7.11 Å². The monoisotopic (exact) mass is 604 g/mol. The lowest BCUT2D eigenvalue weighted by molar-refractivity contribution is -0.145. The standard InChI is InChI=1S/C32H32N10O3/c1-21-36-20-42(37-21)31-29-27(26(45-2)17-35-31)24(16-34-29)30(43)32(44)40-14-12-39(13-15-40)25-19-41(18-23-10-6-7-11-33-23)38-28(25)22-8-4-3-5-9-22/h3-11,17,19-20,24,34H,12-16,18H2,1-2H3. The van der Waals surface area contributed by atoms with E-state index in [-0.39, 0.29) is 6.54 Å². The van der Waals surface area contributed by atoms with Crippen molar-refractivity contribution in [2.45, 2.75) is 19.4 Å². The van der Waals surface area contributed by atoms with E-state index in [1.807, 2.05) is 59.4 Å². The number of carbonyl (C=O) groups excluding carboxylic acids is 2. The maximum atomic E-state index is 13.7. The number of nitrogens with zero attached hydrogens (tertiary/aromatic N) is 9. The minimum Gasteiger partial charge on any atom is -0.495 e. The van der Waals surface area contributed by atoms with Gasteiger partial charge in [-0.25, -0.2) is 14.6 Å². The molecule has 5 aromatic rings. The van der Waals surface area contributed by atoms with Crippen LogP contribution in [-0.4, -0.2) is 90.9 Å². The van der Waals surface area contributed by atoms with Crippen molar-refractivity contribution in [3.8, 4) is 22.8 Å². The van der Waals surface area contributed by atoms with Crippen molar-refractivity contribution >= 4 is 23.1 Å². The number of fused-ring (bicyclic) bond motifs is 1. The highest BCUT2D eigenvalue weighted by Crippen LogP contribution is 2.42. The smallest absolute Gasteiger partial charge is 0.290 e. The van der Waals surface area contributed by atoms with Gasteiger partial charge in [0.25, 0.3) is 5.91 Å². The van der Waals surface area contributed by atoms with Crippen molar-refractivity contribution < 1.29 is 14.3 Å². The summed E-state index contributed by atoms with van der Waals surface area (Å²) in [6.07, 6.45) is 6.94. The summed E-state index contributed by atoms with van der Waals surface area (Å²) >= 11 is 0. The summed E-state index contributed by atoms with van der Waals surface area (Å²) in [5.74, 6) is -0.143. The van der Waals surface area contributed by atoms with Crippen LogP contribution in [0.5, 0.6) is 5.75 Å². The number of benzene rings is 1. The van der Waals surface area contributed by atoms with Gasteiger partial charge in [0, 0.05) is 56.2 Å². The van der Waals surface area contributed by atoms with E-state index in [2.05, 4.69) is 30.3 Å². The molecule has 0 radical (unpaired) electrons. The van der Waals surface area contributed by atoms with Gasteiger partial charge in [-0.3, -0.25) is 19.3 Å². The molecule has 2 aliphatic rings. The number of Topliss-reactive ketones (excluding diaryl/α,β-unsaturated/α-hetero) is 1. The number of aromatic nitrogens is 7. The molecular weight excluding hydrogens is 572 g/mol. The normalized spacial score (nSPS) is 15.9. The highest BCUT2D eigenvalue weighted by Gasteiger charge is 2.40. The van der Waals surface area contributed by atoms with Crippen LogP contribution in [0.1, 0.15) is 23.0 Å². The zero-order chi connectivity index (χ0) is 30.9. The third kappa shape index (κ3) is 5.37. The van der Waals surface area contributed by atoms with Crippen LogP contribution in [0.2, 0.25) is 0 Å². The zero-order valence-electron chi connectivity index (χ0n) is 25.0. The number of ketones is 1. The van der Waals surface area contributed by atoms with Crippen LogP contribution in [0, 0.1) is 6.92 Å². The predicted molar refractivity (Wildman–Crippen MR) is 166 cm³/mol. The van der Waals surface area contributed by atoms with Crippen LogP contribution in [0.15, 0.2) is 73.4 Å². The molecule has 1 amide bonds. The summed E-state index contributed by atoms with van der Waals surface area (Å²) in [5.41, 5.74) is 5.01. The second-order valence-corrected chi connectivity index (χ2v) is 11.0. The largest absolute Gasteiger partial charge is 0.495 e. The Kier molecular flexibility index (Phi) is 7.41. The Bertz CT molecular complexity index is 1850. The van der Waals surface area contributed by atoms with Crippen molar-refractivity contribution in [3.05, 3.63) is 90.5 Å². The fraction of sp³-hybridized carbons (Fsp3) is 0.281. The number of anilines is 2. The molecule has 1 aromatic carbocycles. The summed E-state index contributed by atoms with van der Waals surface area (Å²) in [4.78, 5) is 44.3. The maximum Gasteiger partial charge on any atom is 0.290 e. The highest BCUT2D eigenvalue weighted by atomic mass is 16.5. The zero-order valence-corrected chi connectivity index (χ0v) is 25.0. The molecular formula is C32H32N10O3. The number of aryl methyl sites for hydroxylation is 1. The van der Waals surface area contributed by atoms with Crippen LogP contribution < -0.4 is 15.0 Å². The molecule has 4 aromatic heterocycles. The van der Waals surface area contributed by atoms with Crippen LogP contribution in [-0.2, 0) is 16.1 Å². The van der Waals surface area contributed by atoms with Gasteiger partial charge < -0.3 is 19.9 Å². The van der Waals surface area contributed by atoms with Crippen molar-refractivity contribution in [2.75, 3.05) is 50.1 Å². The first kappa shape index (κ1) is 28.2. The Morgan fingerprint density at radius 3 is 2.49 bits per heavy atom. The second kappa shape index (κ2) is 11.8. The predicted octanol–water partition coefficient (Wildman–Crippen LogP) is 2.71. The number of carbonyl (C=O) groups is 2. The fourth-order valence-electron chi connectivity index (χ4n) is 5.97. The Balaban J connectivity index is 1.09. The molecule has 0 bridgehead atoms. The summed E-state index contributed by atoms with van der Waals surface area (Å²) in [7, 11) is 1.53. The minimum atomic E-state index is -0.707. The lowest BCUT2D eigenvalue weighted by atomic mass is 9.95. The van der Waals surface area contributed by atoms with Gasteiger partial charge in [0.05, 0.1) is 42.8 Å². The number of hydrogen-bond donors (Lipinski definition) is 1. The van der Waals surface area contributed by atoms with E-state index < -0.39 is 17.6 Å². The molecule has 0 spiro atoms. The minimum absolute atomic E-state index is 0.262. The fourth-order valence-corrected chi connectivity index (χ4v) is 5.97. The van der Waals surface area contributed by atoms with Crippen LogP contribution in [0.25, 0.3) is 17.1 Å². The summed E-state index contributed by atoms with van der Waals surface area (Å²) < 4.78 is 9.02. The van der Waals surface area contributed by atoms with Gasteiger partial charge in [-0.05, 0) is 19.1 Å². The lowest BCUT2D eigenvalue weighted by Crippen LogP contribution is -2.51. The van der Waals surface area contributed by atoms with Crippen LogP contribution in [0.3, 0.4) is 0 Å². The molecule has 1 fully saturated rings. The van der Waals surface area contributed by atoms with E-state index >= 15 is 0 Å². The van der Waals surface area contributed by atoms with Crippen molar-refractivity contribution in [1.29, 1.82) is 0 Å². The maximum absolute atomic E-state index is 13.7. The third-order valence-electron chi connectivity index (χ3n) is 8.21. The van der Waals surface area contributed by atoms with Crippen molar-refractivity contribution in [2.24, 2.45) is 0 Å². The number of piperazine rings is 1. The molecule has 1 saturated heterocycles. The Hall–Kier alpha value is -5.59. The first-order valence-electron chi connectivity index (χ1n) is 14.8. The van der Waals surface area contributed by atoms with E-state index in [0.717, 1.165) is 22.6 Å². The van der Waals surface area contributed by atoms with Gasteiger partial charge in [0.15, 0.2) is 5.82 Å². The number of amides is 1. The number of methoxy groups -OCH3 is 1. The van der Waals surface area contributed by atoms with E-state index in [4.69, 9.17) is 9.84 Å². The Morgan fingerprint density at radius 1 is 0.978 bits per heavy atom. The molecule has 1 atom stereocenters. The number of hydrogen-bond acceptors (Lipinski definition) is 10. The van der Waals surface area contributed by atoms with Gasteiger partial charge >= 0.3 is 0 Å². The Labute approximate surface area is 259 Å². The van der Waals surface area contributed by atoms with E-state index in [1.54, 1.807) is 35.2 Å². The number of pyridine rings is 2. The molecule has 6 heterocycles. The molecule has 1 N–H and O–H groups in total. The molecule has 45 heavy (non-hydrogen) atoms. The van der Waals surface area contributed by atoms with E-state index in [9.17, 15) is 9.59 Å². The van der Waals surface area contributed by atoms with Gasteiger partial charge in [-0.1, -0.05) is 36.4 Å². The molecule has 13 heteroatoms. The van der Waals surface area contributed by atoms with Crippen molar-refractivity contribution in [3.63, 3.8) is 0 Å². The third-order valence-corrected chi connectivity index (χ3v) is 8.21. The van der Waals surface area contributed by atoms with Gasteiger partial charge in [-0.15, -0.1) is 0 Å². The number of rotatable bonds is 8. The van der Waals surface area contributed by atoms with Crippen LogP contribution >= 0.6 is 0 Å². The molecule has 1 unspecified atom stereocenters. The lowest BCUT2D eigenvalue weighted by Gasteiger charge is -2.35. The van der Waals surface area contributed by atoms with Gasteiger partial charge in [0.1, 0.15) is 23.6 Å². The van der Waals surface area contributed by atoms with E-state index in [0.29, 0.717) is 61.4 Å². The summed E-state index contributed by atoms with van der Waals surface area (Å²) in [6.45, 7) is 4.55. The molecule has 0 aliphatic carbocycles. The Morgan fingerprint density at radius 2 is 1.78 bits per heavy atom. The summed E-state index contributed by atoms with van der Waals surface area (Å²) in [5, 5.41) is 12.5. The molecule has 13 nitrogen and oxygen atoms in total.